The van der Waals surface area contributed by atoms with Gasteiger partial charge in [0, 0.05) is 26.2 Å². The number of fused-ring (bicyclic) bond motifs is 1. The predicted molar refractivity (Wildman–Crippen MR) is 107 cm³/mol. The summed E-state index contributed by atoms with van der Waals surface area (Å²) in [7, 11) is 1.72. The number of aryl methyl sites for hydroxylation is 1. The third-order valence-electron chi connectivity index (χ3n) is 4.48. The maximum absolute atomic E-state index is 11.5. The molecule has 1 unspecified atom stereocenters. The molecule has 136 valence electrons. The molecule has 1 aliphatic heterocycles. The fourth-order valence-electron chi connectivity index (χ4n) is 3.18. The fraction of sp³-hybridized carbons (Fsp3) is 0.471. The molecular weight excluding hydrogens is 433 g/mol. The van der Waals surface area contributed by atoms with Gasteiger partial charge in [-0.05, 0) is 30.4 Å². The molecule has 3 rings (SSSR count). The quantitative estimate of drug-likeness (QED) is 0.271. The number of benzene rings is 1. The number of nitrogens with one attached hydrogen (secondary N) is 3. The number of amides is 3. The second-order valence-electron chi connectivity index (χ2n) is 6.06. The first-order valence-corrected chi connectivity index (χ1v) is 8.29. The zero-order valence-electron chi connectivity index (χ0n) is 14.2. The minimum absolute atomic E-state index is 0. The van der Waals surface area contributed by atoms with Gasteiger partial charge >= 0.3 is 6.03 Å². The van der Waals surface area contributed by atoms with Gasteiger partial charge in [-0.15, -0.1) is 24.0 Å². The highest BCUT2D eigenvalue weighted by Crippen LogP contribution is 2.20. The topological polar surface area (TPSA) is 85.8 Å². The maximum atomic E-state index is 11.5. The van der Waals surface area contributed by atoms with Gasteiger partial charge in [0.25, 0.3) is 0 Å². The van der Waals surface area contributed by atoms with Crippen LogP contribution in [0.3, 0.4) is 0 Å². The van der Waals surface area contributed by atoms with Crippen molar-refractivity contribution in [3.63, 3.8) is 0 Å². The highest BCUT2D eigenvalue weighted by Gasteiger charge is 2.27. The van der Waals surface area contributed by atoms with E-state index in [0.717, 1.165) is 19.3 Å². The number of urea groups is 1. The van der Waals surface area contributed by atoms with Crippen LogP contribution in [0.4, 0.5) is 4.79 Å². The smallest absolute Gasteiger partial charge is 0.324 e. The summed E-state index contributed by atoms with van der Waals surface area (Å²) in [5, 5.41) is 9.11. The van der Waals surface area contributed by atoms with Crippen LogP contribution in [0, 0.1) is 0 Å². The molecule has 1 heterocycles. The van der Waals surface area contributed by atoms with Gasteiger partial charge in [-0.3, -0.25) is 14.7 Å². The van der Waals surface area contributed by atoms with Crippen LogP contribution in [0.25, 0.3) is 0 Å². The normalized spacial score (nSPS) is 19.8. The lowest BCUT2D eigenvalue weighted by molar-refractivity contribution is -0.124. The van der Waals surface area contributed by atoms with E-state index in [1.54, 1.807) is 7.05 Å². The number of aliphatic imine (C=N–C) groups is 1. The van der Waals surface area contributed by atoms with E-state index in [1.807, 2.05) is 0 Å². The molecule has 7 nitrogen and oxygen atoms in total. The number of nitrogens with zero attached hydrogens (tertiary/aromatic N) is 2. The number of halogens is 1. The molecule has 0 bridgehead atoms. The van der Waals surface area contributed by atoms with Crippen LogP contribution < -0.4 is 16.0 Å². The van der Waals surface area contributed by atoms with Crippen molar-refractivity contribution in [1.29, 1.82) is 0 Å². The summed E-state index contributed by atoms with van der Waals surface area (Å²) in [5.74, 6) is 0.514. The molecule has 3 amide bonds. The van der Waals surface area contributed by atoms with Crippen molar-refractivity contribution in [2.45, 2.75) is 25.3 Å². The van der Waals surface area contributed by atoms with Crippen molar-refractivity contribution >= 4 is 41.9 Å². The van der Waals surface area contributed by atoms with Crippen LogP contribution in [-0.2, 0) is 17.6 Å². The van der Waals surface area contributed by atoms with Crippen LogP contribution in [0.5, 0.6) is 0 Å². The average Bonchev–Trinajstić information content (AvgIpc) is 2.92. The van der Waals surface area contributed by atoms with Gasteiger partial charge < -0.3 is 16.0 Å². The third kappa shape index (κ3) is 4.83. The van der Waals surface area contributed by atoms with E-state index in [0.29, 0.717) is 25.1 Å². The van der Waals surface area contributed by atoms with Gasteiger partial charge in [-0.2, -0.15) is 0 Å². The van der Waals surface area contributed by atoms with Gasteiger partial charge in [0.05, 0.1) is 6.54 Å². The number of carbonyl (C=O) groups is 2. The summed E-state index contributed by atoms with van der Waals surface area (Å²) >= 11 is 0. The summed E-state index contributed by atoms with van der Waals surface area (Å²) in [5.41, 5.74) is 2.81. The maximum Gasteiger partial charge on any atom is 0.324 e. The number of imide groups is 1. The Bertz CT molecular complexity index is 648. The van der Waals surface area contributed by atoms with Crippen molar-refractivity contribution in [3.8, 4) is 0 Å². The number of rotatable bonds is 4. The molecule has 0 saturated carbocycles. The zero-order chi connectivity index (χ0) is 16.9. The average molecular weight is 457 g/mol. The Labute approximate surface area is 164 Å². The summed E-state index contributed by atoms with van der Waals surface area (Å²) in [6.45, 7) is 0.897. The molecular formula is C17H24IN5O2. The largest absolute Gasteiger partial charge is 0.355 e. The number of carbonyl (C=O) groups excluding carboxylic acids is 2. The van der Waals surface area contributed by atoms with Crippen LogP contribution in [0.1, 0.15) is 17.5 Å². The molecule has 2 aliphatic rings. The number of guanidine groups is 1. The Kier molecular flexibility index (Phi) is 7.03. The molecule has 25 heavy (non-hydrogen) atoms. The molecule has 3 N–H and O–H groups in total. The first kappa shape index (κ1) is 19.5. The summed E-state index contributed by atoms with van der Waals surface area (Å²) in [6, 6.07) is 8.54. The van der Waals surface area contributed by atoms with Gasteiger partial charge in [0.2, 0.25) is 5.91 Å². The predicted octanol–water partition coefficient (Wildman–Crippen LogP) is 0.879. The summed E-state index contributed by atoms with van der Waals surface area (Å²) in [6.07, 6.45) is 3.10. The summed E-state index contributed by atoms with van der Waals surface area (Å²) < 4.78 is 0. The van der Waals surface area contributed by atoms with E-state index in [4.69, 9.17) is 0 Å². The SMILES string of the molecule is CN=C(NCCN1C(=O)CNC1=O)NC1CCc2ccccc2C1.I. The standard InChI is InChI=1S/C17H23N5O2.HI/c1-18-16(19-8-9-22-15(23)11-20-17(22)24)21-14-7-6-12-4-2-3-5-13(12)10-14;/h2-5,14H,6-11H2,1H3,(H,20,24)(H2,18,19,21);1H. The highest BCUT2D eigenvalue weighted by atomic mass is 127. The van der Waals surface area contributed by atoms with Crippen molar-refractivity contribution < 1.29 is 9.59 Å². The second kappa shape index (κ2) is 9.02. The van der Waals surface area contributed by atoms with Crippen molar-refractivity contribution in [2.24, 2.45) is 4.99 Å². The third-order valence-corrected chi connectivity index (χ3v) is 4.48. The van der Waals surface area contributed by atoms with E-state index in [1.165, 1.54) is 16.0 Å². The van der Waals surface area contributed by atoms with Crippen LogP contribution in [0.2, 0.25) is 0 Å². The van der Waals surface area contributed by atoms with E-state index in [-0.39, 0.29) is 42.5 Å². The lowest BCUT2D eigenvalue weighted by Gasteiger charge is -2.27. The lowest BCUT2D eigenvalue weighted by atomic mass is 9.88. The molecule has 1 aromatic rings. The molecule has 1 aliphatic carbocycles. The Morgan fingerprint density at radius 3 is 2.76 bits per heavy atom. The number of hydrogen-bond donors (Lipinski definition) is 3. The van der Waals surface area contributed by atoms with Gasteiger partial charge in [0.15, 0.2) is 5.96 Å². The van der Waals surface area contributed by atoms with Crippen molar-refractivity contribution in [2.75, 3.05) is 26.7 Å². The van der Waals surface area contributed by atoms with Crippen LogP contribution in [-0.4, -0.2) is 55.5 Å². The molecule has 8 heteroatoms. The lowest BCUT2D eigenvalue weighted by Crippen LogP contribution is -2.48. The Hall–Kier alpha value is -1.84. The van der Waals surface area contributed by atoms with Gasteiger partial charge in [-0.25, -0.2) is 4.79 Å². The van der Waals surface area contributed by atoms with Gasteiger partial charge in [0.1, 0.15) is 0 Å². The molecule has 0 radical (unpaired) electrons. The fourth-order valence-corrected chi connectivity index (χ4v) is 3.18. The molecule has 1 aromatic carbocycles. The molecule has 0 aromatic heterocycles. The molecule has 0 spiro atoms. The highest BCUT2D eigenvalue weighted by molar-refractivity contribution is 14.0. The molecule has 1 atom stereocenters. The first-order chi connectivity index (χ1) is 11.7. The van der Waals surface area contributed by atoms with E-state index < -0.39 is 0 Å². The number of hydrogen-bond acceptors (Lipinski definition) is 3. The second-order valence-corrected chi connectivity index (χ2v) is 6.06. The van der Waals surface area contributed by atoms with Gasteiger partial charge in [-0.1, -0.05) is 24.3 Å². The van der Waals surface area contributed by atoms with Crippen LogP contribution in [0.15, 0.2) is 29.3 Å². The minimum Gasteiger partial charge on any atom is -0.355 e. The Morgan fingerprint density at radius 2 is 2.08 bits per heavy atom. The van der Waals surface area contributed by atoms with E-state index in [2.05, 4.69) is 45.2 Å². The van der Waals surface area contributed by atoms with Crippen molar-refractivity contribution in [3.05, 3.63) is 35.4 Å². The monoisotopic (exact) mass is 457 g/mol. The van der Waals surface area contributed by atoms with Crippen molar-refractivity contribution in [1.82, 2.24) is 20.9 Å². The Balaban J connectivity index is 0.00000225. The summed E-state index contributed by atoms with van der Waals surface area (Å²) in [4.78, 5) is 28.5. The Morgan fingerprint density at radius 1 is 1.32 bits per heavy atom. The molecule has 1 fully saturated rings. The van der Waals surface area contributed by atoms with Crippen LogP contribution >= 0.6 is 24.0 Å². The van der Waals surface area contributed by atoms with E-state index >= 15 is 0 Å². The first-order valence-electron chi connectivity index (χ1n) is 8.29. The minimum atomic E-state index is -0.325. The molecule has 1 saturated heterocycles. The zero-order valence-corrected chi connectivity index (χ0v) is 16.6. The van der Waals surface area contributed by atoms with E-state index in [9.17, 15) is 9.59 Å².